The average Bonchev–Trinajstić information content (AvgIpc) is 3.19. The van der Waals surface area contributed by atoms with Gasteiger partial charge in [-0.25, -0.2) is 4.79 Å². The third-order valence-electron chi connectivity index (χ3n) is 4.19. The highest BCUT2D eigenvalue weighted by Crippen LogP contribution is 2.29. The number of hydrogen-bond acceptors (Lipinski definition) is 5. The van der Waals surface area contributed by atoms with Crippen LogP contribution in [-0.4, -0.2) is 71.3 Å². The summed E-state index contributed by atoms with van der Waals surface area (Å²) in [5.41, 5.74) is 1.41. The van der Waals surface area contributed by atoms with Crippen LogP contribution in [0.5, 0.6) is 0 Å². The van der Waals surface area contributed by atoms with Crippen molar-refractivity contribution in [2.24, 2.45) is 0 Å². The third-order valence-corrected chi connectivity index (χ3v) is 4.19. The lowest BCUT2D eigenvalue weighted by molar-refractivity contribution is -0.116. The largest absolute Gasteiger partial charge is 0.444 e. The van der Waals surface area contributed by atoms with E-state index in [4.69, 9.17) is 4.74 Å². The Morgan fingerprint density at radius 3 is 2.85 bits per heavy atom. The zero-order valence-electron chi connectivity index (χ0n) is 16.9. The molecule has 0 radical (unpaired) electrons. The molecule has 0 aromatic carbocycles. The number of carbonyl (C=O) groups excluding carboxylic acids is 2. The summed E-state index contributed by atoms with van der Waals surface area (Å²) in [6, 6.07) is 0. The molecule has 2 heterocycles. The molecule has 1 unspecified atom stereocenters. The summed E-state index contributed by atoms with van der Waals surface area (Å²) in [6.45, 7) is 7.94. The Hall–Kier alpha value is -2.35. The van der Waals surface area contributed by atoms with Crippen LogP contribution < -0.4 is 5.32 Å². The quantitative estimate of drug-likeness (QED) is 0.739. The van der Waals surface area contributed by atoms with Crippen LogP contribution in [0, 0.1) is 0 Å². The molecule has 8 heteroatoms. The molecule has 150 valence electrons. The summed E-state index contributed by atoms with van der Waals surface area (Å²) in [4.78, 5) is 27.9. The fourth-order valence-electron chi connectivity index (χ4n) is 2.92. The molecule has 0 aliphatic carbocycles. The van der Waals surface area contributed by atoms with E-state index < -0.39 is 5.60 Å². The Balaban J connectivity index is 1.89. The van der Waals surface area contributed by atoms with Crippen molar-refractivity contribution >= 4 is 12.0 Å². The number of aromatic amines is 1. The number of amides is 2. The molecule has 0 bridgehead atoms. The number of nitrogens with zero attached hydrogens (tertiary/aromatic N) is 3. The van der Waals surface area contributed by atoms with Gasteiger partial charge in [-0.15, -0.1) is 0 Å². The number of ether oxygens (including phenoxy) is 1. The van der Waals surface area contributed by atoms with Crippen molar-refractivity contribution in [3.8, 4) is 0 Å². The van der Waals surface area contributed by atoms with Gasteiger partial charge in [-0.05, 0) is 41.3 Å². The average molecular weight is 377 g/mol. The second-order valence-electron chi connectivity index (χ2n) is 8.10. The number of aromatic nitrogens is 2. The minimum Gasteiger partial charge on any atom is -0.444 e. The number of H-pyrrole nitrogens is 1. The summed E-state index contributed by atoms with van der Waals surface area (Å²) in [6.07, 6.45) is 5.65. The molecule has 2 amide bonds. The topological polar surface area (TPSA) is 90.6 Å². The van der Waals surface area contributed by atoms with Crippen LogP contribution in [0.3, 0.4) is 0 Å². The monoisotopic (exact) mass is 377 g/mol. The Bertz CT molecular complexity index is 675. The Morgan fingerprint density at radius 2 is 2.19 bits per heavy atom. The van der Waals surface area contributed by atoms with E-state index in [0.717, 1.165) is 17.7 Å². The van der Waals surface area contributed by atoms with Crippen molar-refractivity contribution in [1.82, 2.24) is 25.3 Å². The molecule has 1 aromatic rings. The zero-order valence-corrected chi connectivity index (χ0v) is 16.9. The van der Waals surface area contributed by atoms with Crippen LogP contribution in [0.1, 0.15) is 44.4 Å². The lowest BCUT2D eigenvalue weighted by Crippen LogP contribution is -2.35. The highest BCUT2D eigenvalue weighted by atomic mass is 16.6. The first kappa shape index (κ1) is 21.0. The standard InChI is InChI=1S/C19H31N5O3/c1-19(2,3)27-18(26)24-10-8-14(13-24)17-15(12-21-22-17)11-20-16(25)7-6-9-23(4)5/h6-7,12,14H,8-11,13H2,1-5H3,(H,20,25)(H,21,22)/b7-6+. The number of rotatable bonds is 6. The van der Waals surface area contributed by atoms with Gasteiger partial charge in [0.05, 0.1) is 6.20 Å². The summed E-state index contributed by atoms with van der Waals surface area (Å²) < 4.78 is 5.44. The summed E-state index contributed by atoms with van der Waals surface area (Å²) >= 11 is 0. The molecule has 1 fully saturated rings. The molecule has 0 saturated carbocycles. The number of likely N-dealkylation sites (N-methyl/N-ethyl adjacent to an activating group) is 1. The smallest absolute Gasteiger partial charge is 0.410 e. The first-order valence-corrected chi connectivity index (χ1v) is 9.25. The van der Waals surface area contributed by atoms with E-state index in [1.165, 1.54) is 0 Å². The summed E-state index contributed by atoms with van der Waals surface area (Å²) in [7, 11) is 3.89. The maximum atomic E-state index is 12.2. The van der Waals surface area contributed by atoms with Crippen LogP contribution >= 0.6 is 0 Å². The van der Waals surface area contributed by atoms with Crippen LogP contribution in [0.2, 0.25) is 0 Å². The highest BCUT2D eigenvalue weighted by molar-refractivity contribution is 5.87. The van der Waals surface area contributed by atoms with Crippen LogP contribution in [0.15, 0.2) is 18.3 Å². The van der Waals surface area contributed by atoms with E-state index in [9.17, 15) is 9.59 Å². The fourth-order valence-corrected chi connectivity index (χ4v) is 2.92. The Kier molecular flexibility index (Phi) is 7.01. The predicted molar refractivity (Wildman–Crippen MR) is 103 cm³/mol. The first-order chi connectivity index (χ1) is 12.7. The molecular weight excluding hydrogens is 346 g/mol. The van der Waals surface area contributed by atoms with Crippen molar-refractivity contribution in [1.29, 1.82) is 0 Å². The normalized spacial score (nSPS) is 17.7. The molecule has 1 atom stereocenters. The van der Waals surface area contributed by atoms with E-state index in [1.807, 2.05) is 45.8 Å². The van der Waals surface area contributed by atoms with E-state index in [-0.39, 0.29) is 17.9 Å². The van der Waals surface area contributed by atoms with Gasteiger partial charge in [-0.1, -0.05) is 6.08 Å². The summed E-state index contributed by atoms with van der Waals surface area (Å²) in [5.74, 6) is 0.0296. The van der Waals surface area contributed by atoms with Gasteiger partial charge in [-0.2, -0.15) is 5.10 Å². The van der Waals surface area contributed by atoms with Gasteiger partial charge < -0.3 is 19.9 Å². The molecule has 2 rings (SSSR count). The number of hydrogen-bond donors (Lipinski definition) is 2. The Labute approximate surface area is 160 Å². The maximum absolute atomic E-state index is 12.2. The maximum Gasteiger partial charge on any atom is 0.410 e. The fraction of sp³-hybridized carbons (Fsp3) is 0.632. The molecular formula is C19H31N5O3. The van der Waals surface area contributed by atoms with Gasteiger partial charge in [0.15, 0.2) is 0 Å². The van der Waals surface area contributed by atoms with E-state index in [1.54, 1.807) is 17.2 Å². The summed E-state index contributed by atoms with van der Waals surface area (Å²) in [5, 5.41) is 10.0. The van der Waals surface area contributed by atoms with Gasteiger partial charge in [0.25, 0.3) is 0 Å². The number of likely N-dealkylation sites (tertiary alicyclic amines) is 1. The molecule has 27 heavy (non-hydrogen) atoms. The van der Waals surface area contributed by atoms with Crippen LogP contribution in [0.4, 0.5) is 4.79 Å². The number of nitrogens with one attached hydrogen (secondary N) is 2. The SMILES string of the molecule is CN(C)C/C=C/C(=O)NCc1cn[nH]c1C1CCN(C(=O)OC(C)(C)C)C1. The third kappa shape index (κ3) is 6.71. The van der Waals surface area contributed by atoms with Gasteiger partial charge >= 0.3 is 6.09 Å². The van der Waals surface area contributed by atoms with Gasteiger partial charge in [0.2, 0.25) is 5.91 Å². The molecule has 0 spiro atoms. The van der Waals surface area contributed by atoms with Crippen molar-refractivity contribution in [3.63, 3.8) is 0 Å². The lowest BCUT2D eigenvalue weighted by Gasteiger charge is -2.24. The van der Waals surface area contributed by atoms with Crippen molar-refractivity contribution in [2.45, 2.75) is 45.3 Å². The minimum absolute atomic E-state index is 0.134. The van der Waals surface area contributed by atoms with E-state index >= 15 is 0 Å². The molecule has 2 N–H and O–H groups in total. The van der Waals surface area contributed by atoms with E-state index in [2.05, 4.69) is 15.5 Å². The second kappa shape index (κ2) is 9.03. The predicted octanol–water partition coefficient (Wildman–Crippen LogP) is 1.87. The Morgan fingerprint density at radius 1 is 1.44 bits per heavy atom. The molecule has 1 aliphatic rings. The minimum atomic E-state index is -0.501. The van der Waals surface area contributed by atoms with Crippen LogP contribution in [0.25, 0.3) is 0 Å². The lowest BCUT2D eigenvalue weighted by atomic mass is 10.0. The van der Waals surface area contributed by atoms with E-state index in [0.29, 0.717) is 26.2 Å². The second-order valence-corrected chi connectivity index (χ2v) is 8.10. The molecule has 1 aliphatic heterocycles. The van der Waals surface area contributed by atoms with Gasteiger partial charge in [0, 0.05) is 49.4 Å². The first-order valence-electron chi connectivity index (χ1n) is 9.25. The number of carbonyl (C=O) groups is 2. The van der Waals surface area contributed by atoms with Crippen LogP contribution in [-0.2, 0) is 16.1 Å². The molecule has 1 aromatic heterocycles. The van der Waals surface area contributed by atoms with Gasteiger partial charge in [-0.3, -0.25) is 9.89 Å². The van der Waals surface area contributed by atoms with Gasteiger partial charge in [0.1, 0.15) is 5.60 Å². The highest BCUT2D eigenvalue weighted by Gasteiger charge is 2.32. The molecule has 8 nitrogen and oxygen atoms in total. The van der Waals surface area contributed by atoms with Crippen molar-refractivity contribution in [3.05, 3.63) is 29.6 Å². The van der Waals surface area contributed by atoms with Crippen molar-refractivity contribution in [2.75, 3.05) is 33.7 Å². The zero-order chi connectivity index (χ0) is 20.0. The van der Waals surface area contributed by atoms with Crippen molar-refractivity contribution < 1.29 is 14.3 Å². The molecule has 1 saturated heterocycles.